The first kappa shape index (κ1) is 12.9. The van der Waals surface area contributed by atoms with Gasteiger partial charge in [0.05, 0.1) is 7.11 Å². The molecule has 1 aromatic rings. The number of hydrogen-bond donors (Lipinski definition) is 0. The Hall–Kier alpha value is -1.16. The van der Waals surface area contributed by atoms with Crippen molar-refractivity contribution in [1.29, 1.82) is 0 Å². The highest BCUT2D eigenvalue weighted by molar-refractivity contribution is 6.35. The van der Waals surface area contributed by atoms with Gasteiger partial charge in [-0.3, -0.25) is 4.79 Å². The molecule has 0 bridgehead atoms. The Morgan fingerprint density at radius 2 is 1.88 bits per heavy atom. The van der Waals surface area contributed by atoms with Crippen molar-refractivity contribution < 1.29 is 18.3 Å². The van der Waals surface area contributed by atoms with Crippen LogP contribution in [0.2, 0.25) is 0 Å². The summed E-state index contributed by atoms with van der Waals surface area (Å²) in [4.78, 5) is 11.3. The second-order valence-corrected chi connectivity index (χ2v) is 3.94. The molecule has 0 saturated heterocycles. The van der Waals surface area contributed by atoms with Crippen LogP contribution in [0, 0.1) is 13.8 Å². The number of rotatable bonds is 3. The quantitative estimate of drug-likeness (QED) is 0.606. The number of halogens is 3. The van der Waals surface area contributed by atoms with E-state index in [4.69, 9.17) is 16.3 Å². The van der Waals surface area contributed by atoms with Crippen LogP contribution in [-0.4, -0.2) is 18.3 Å². The average Bonchev–Trinajstić information content (AvgIpc) is 2.18. The molecule has 0 aliphatic heterocycles. The molecule has 0 heterocycles. The second kappa shape index (κ2) is 4.37. The SMILES string of the molecule is COc1cc(C)c(C(=O)C(F)(F)Cl)cc1C. The minimum atomic E-state index is -3.87. The number of benzene rings is 1. The molecule has 0 N–H and O–H groups in total. The molecule has 0 saturated carbocycles. The molecular formula is C11H11ClF2O2. The molecule has 1 rings (SSSR count). The number of hydrogen-bond acceptors (Lipinski definition) is 2. The first-order valence-electron chi connectivity index (χ1n) is 4.54. The third kappa shape index (κ3) is 2.50. The topological polar surface area (TPSA) is 26.3 Å². The number of aryl methyl sites for hydroxylation is 2. The maximum Gasteiger partial charge on any atom is 0.384 e. The molecule has 0 aliphatic rings. The summed E-state index contributed by atoms with van der Waals surface area (Å²) >= 11 is 4.70. The number of carbonyl (C=O) groups is 1. The fraction of sp³-hybridized carbons (Fsp3) is 0.364. The largest absolute Gasteiger partial charge is 0.496 e. The Kier molecular flexibility index (Phi) is 3.53. The summed E-state index contributed by atoms with van der Waals surface area (Å²) < 4.78 is 30.4. The molecular weight excluding hydrogens is 238 g/mol. The lowest BCUT2D eigenvalue weighted by atomic mass is 10.0. The zero-order chi connectivity index (χ0) is 12.5. The van der Waals surface area contributed by atoms with Crippen molar-refractivity contribution in [3.05, 3.63) is 28.8 Å². The minimum absolute atomic E-state index is 0.0849. The van der Waals surface area contributed by atoms with Gasteiger partial charge >= 0.3 is 5.38 Å². The summed E-state index contributed by atoms with van der Waals surface area (Å²) in [6, 6.07) is 2.89. The third-order valence-electron chi connectivity index (χ3n) is 2.24. The van der Waals surface area contributed by atoms with Gasteiger partial charge in [-0.05, 0) is 48.7 Å². The molecule has 0 radical (unpaired) electrons. The van der Waals surface area contributed by atoms with E-state index < -0.39 is 11.2 Å². The Morgan fingerprint density at radius 1 is 1.31 bits per heavy atom. The molecule has 16 heavy (non-hydrogen) atoms. The van der Waals surface area contributed by atoms with E-state index in [-0.39, 0.29) is 5.56 Å². The number of alkyl halides is 3. The highest BCUT2D eigenvalue weighted by Gasteiger charge is 2.37. The molecule has 0 amide bonds. The van der Waals surface area contributed by atoms with Crippen LogP contribution >= 0.6 is 11.6 Å². The maximum atomic E-state index is 12.7. The summed E-state index contributed by atoms with van der Waals surface area (Å²) in [7, 11) is 1.47. The average molecular weight is 249 g/mol. The van der Waals surface area contributed by atoms with Crippen LogP contribution in [-0.2, 0) is 0 Å². The number of Topliss-reactive ketones (excluding diaryl/α,β-unsaturated/α-hetero) is 1. The fourth-order valence-corrected chi connectivity index (χ4v) is 1.51. The van der Waals surface area contributed by atoms with E-state index in [1.807, 2.05) is 0 Å². The molecule has 88 valence electrons. The van der Waals surface area contributed by atoms with Crippen molar-refractivity contribution in [2.24, 2.45) is 0 Å². The lowest BCUT2D eigenvalue weighted by Crippen LogP contribution is -2.22. The Labute approximate surface area is 97.2 Å². The van der Waals surface area contributed by atoms with E-state index in [0.29, 0.717) is 16.9 Å². The lowest BCUT2D eigenvalue weighted by Gasteiger charge is -2.12. The van der Waals surface area contributed by atoms with Crippen molar-refractivity contribution in [1.82, 2.24) is 0 Å². The van der Waals surface area contributed by atoms with Gasteiger partial charge in [0.1, 0.15) is 5.75 Å². The van der Waals surface area contributed by atoms with Gasteiger partial charge in [-0.25, -0.2) is 0 Å². The second-order valence-electron chi connectivity index (χ2n) is 3.46. The van der Waals surface area contributed by atoms with E-state index in [9.17, 15) is 13.6 Å². The van der Waals surface area contributed by atoms with Gasteiger partial charge in [0.25, 0.3) is 0 Å². The molecule has 0 unspecified atom stereocenters. The van der Waals surface area contributed by atoms with Gasteiger partial charge in [-0.15, -0.1) is 0 Å². The van der Waals surface area contributed by atoms with Crippen LogP contribution in [0.15, 0.2) is 12.1 Å². The molecule has 0 aromatic heterocycles. The molecule has 5 heteroatoms. The molecule has 0 aliphatic carbocycles. The summed E-state index contributed by atoms with van der Waals surface area (Å²) in [5.41, 5.74) is 0.934. The third-order valence-corrected chi connectivity index (χ3v) is 2.42. The Bertz CT molecular complexity index is 425. The lowest BCUT2D eigenvalue weighted by molar-refractivity contribution is 0.0535. The number of ketones is 1. The maximum absolute atomic E-state index is 12.7. The van der Waals surface area contributed by atoms with Crippen molar-refractivity contribution >= 4 is 17.4 Å². The Morgan fingerprint density at radius 3 is 2.31 bits per heavy atom. The molecule has 0 spiro atoms. The van der Waals surface area contributed by atoms with Gasteiger partial charge in [0.2, 0.25) is 5.78 Å². The molecule has 0 fully saturated rings. The highest BCUT2D eigenvalue weighted by Crippen LogP contribution is 2.29. The summed E-state index contributed by atoms with van der Waals surface area (Å²) in [6.45, 7) is 3.22. The van der Waals surface area contributed by atoms with Crippen LogP contribution in [0.5, 0.6) is 5.75 Å². The van der Waals surface area contributed by atoms with Crippen molar-refractivity contribution in [2.45, 2.75) is 19.2 Å². The zero-order valence-electron chi connectivity index (χ0n) is 9.11. The van der Waals surface area contributed by atoms with Crippen LogP contribution in [0.25, 0.3) is 0 Å². The van der Waals surface area contributed by atoms with Gasteiger partial charge in [-0.1, -0.05) is 0 Å². The molecule has 1 aromatic carbocycles. The van der Waals surface area contributed by atoms with E-state index in [1.165, 1.54) is 19.2 Å². The first-order chi connectivity index (χ1) is 7.27. The van der Waals surface area contributed by atoms with E-state index in [0.717, 1.165) is 0 Å². The van der Waals surface area contributed by atoms with Gasteiger partial charge < -0.3 is 4.74 Å². The van der Waals surface area contributed by atoms with E-state index >= 15 is 0 Å². The predicted octanol–water partition coefficient (Wildman–Crippen LogP) is 3.33. The smallest absolute Gasteiger partial charge is 0.384 e. The molecule has 0 atom stereocenters. The molecule has 2 nitrogen and oxygen atoms in total. The van der Waals surface area contributed by atoms with Crippen molar-refractivity contribution in [3.63, 3.8) is 0 Å². The zero-order valence-corrected chi connectivity index (χ0v) is 9.86. The van der Waals surface area contributed by atoms with Crippen LogP contribution in [0.1, 0.15) is 21.5 Å². The summed E-state index contributed by atoms with van der Waals surface area (Å²) in [6.07, 6.45) is 0. The van der Waals surface area contributed by atoms with E-state index in [2.05, 4.69) is 0 Å². The monoisotopic (exact) mass is 248 g/mol. The fourth-order valence-electron chi connectivity index (χ4n) is 1.41. The van der Waals surface area contributed by atoms with Crippen LogP contribution in [0.4, 0.5) is 8.78 Å². The van der Waals surface area contributed by atoms with Crippen LogP contribution in [0.3, 0.4) is 0 Å². The summed E-state index contributed by atoms with van der Waals surface area (Å²) in [5, 5.41) is -3.87. The van der Waals surface area contributed by atoms with Crippen LogP contribution < -0.4 is 4.74 Å². The van der Waals surface area contributed by atoms with Gasteiger partial charge in [0, 0.05) is 5.56 Å². The minimum Gasteiger partial charge on any atom is -0.496 e. The van der Waals surface area contributed by atoms with E-state index in [1.54, 1.807) is 13.8 Å². The number of carbonyl (C=O) groups excluding carboxylic acids is 1. The number of methoxy groups -OCH3 is 1. The van der Waals surface area contributed by atoms with Crippen molar-refractivity contribution in [3.8, 4) is 5.75 Å². The highest BCUT2D eigenvalue weighted by atomic mass is 35.5. The first-order valence-corrected chi connectivity index (χ1v) is 4.92. The normalized spacial score (nSPS) is 11.4. The predicted molar refractivity (Wildman–Crippen MR) is 57.6 cm³/mol. The number of ether oxygens (including phenoxy) is 1. The standard InChI is InChI=1S/C11H11ClF2O2/c1-6-5-9(16-3)7(2)4-8(6)10(15)11(12,13)14/h4-5H,1-3H3. The Balaban J connectivity index is 3.27. The van der Waals surface area contributed by atoms with Gasteiger partial charge in [-0.2, -0.15) is 8.78 Å². The van der Waals surface area contributed by atoms with Gasteiger partial charge in [0.15, 0.2) is 0 Å². The van der Waals surface area contributed by atoms with Crippen molar-refractivity contribution in [2.75, 3.05) is 7.11 Å². The summed E-state index contributed by atoms with van der Waals surface area (Å²) in [5.74, 6) is -0.843.